The van der Waals surface area contributed by atoms with E-state index in [4.69, 9.17) is 5.73 Å². The molecule has 0 atom stereocenters. The Bertz CT molecular complexity index is 640. The molecule has 1 aromatic heterocycles. The molecule has 0 spiro atoms. The fraction of sp³-hybridized carbons (Fsp3) is 0.333. The lowest BCUT2D eigenvalue weighted by Crippen LogP contribution is -2.27. The Kier molecular flexibility index (Phi) is 5.25. The van der Waals surface area contributed by atoms with E-state index in [1.807, 2.05) is 24.4 Å². The first-order chi connectivity index (χ1) is 10.0. The van der Waals surface area contributed by atoms with E-state index in [9.17, 15) is 4.79 Å². The molecule has 0 bridgehead atoms. The van der Waals surface area contributed by atoms with Gasteiger partial charge in [-0.05, 0) is 31.5 Å². The number of thiazole rings is 1. The first-order valence-electron chi connectivity index (χ1n) is 6.72. The smallest absolute Gasteiger partial charge is 0.225 e. The summed E-state index contributed by atoms with van der Waals surface area (Å²) >= 11 is 3.17. The Morgan fingerprint density at radius 1 is 1.48 bits per heavy atom. The van der Waals surface area contributed by atoms with E-state index in [1.165, 1.54) is 16.9 Å². The van der Waals surface area contributed by atoms with Crippen LogP contribution in [-0.2, 0) is 10.5 Å². The molecule has 0 radical (unpaired) electrons. The Hall–Kier alpha value is -1.53. The number of amides is 1. The molecule has 1 amide bonds. The number of hydrogen-bond acceptors (Lipinski definition) is 5. The Balaban J connectivity index is 2.06. The molecule has 2 aromatic rings. The lowest BCUT2D eigenvalue weighted by molar-refractivity contribution is -0.116. The van der Waals surface area contributed by atoms with E-state index in [2.05, 4.69) is 18.0 Å². The molecule has 4 nitrogen and oxygen atoms in total. The van der Waals surface area contributed by atoms with E-state index in [-0.39, 0.29) is 5.91 Å². The van der Waals surface area contributed by atoms with Crippen molar-refractivity contribution in [3.8, 4) is 0 Å². The quantitative estimate of drug-likeness (QED) is 0.674. The second kappa shape index (κ2) is 6.95. The van der Waals surface area contributed by atoms with E-state index in [0.717, 1.165) is 27.2 Å². The van der Waals surface area contributed by atoms with Crippen molar-refractivity contribution in [2.75, 3.05) is 17.2 Å². The summed E-state index contributed by atoms with van der Waals surface area (Å²) in [5.74, 6) is 0.772. The van der Waals surface area contributed by atoms with Crippen molar-refractivity contribution in [1.82, 2.24) is 4.98 Å². The zero-order valence-electron chi connectivity index (χ0n) is 12.4. The van der Waals surface area contributed by atoms with Gasteiger partial charge in [-0.2, -0.15) is 0 Å². The second-order valence-electron chi connectivity index (χ2n) is 4.71. The van der Waals surface area contributed by atoms with Crippen molar-refractivity contribution in [3.63, 3.8) is 0 Å². The Labute approximate surface area is 133 Å². The van der Waals surface area contributed by atoms with Crippen LogP contribution in [0.2, 0.25) is 0 Å². The monoisotopic (exact) mass is 321 g/mol. The van der Waals surface area contributed by atoms with Gasteiger partial charge in [-0.3, -0.25) is 9.69 Å². The van der Waals surface area contributed by atoms with Crippen molar-refractivity contribution in [1.29, 1.82) is 0 Å². The molecule has 1 heterocycles. The summed E-state index contributed by atoms with van der Waals surface area (Å²) in [4.78, 5) is 18.8. The molecular formula is C15H19N3OS2. The molecule has 2 rings (SSSR count). The summed E-state index contributed by atoms with van der Waals surface area (Å²) in [6.45, 7) is 6.20. The molecule has 0 unspecified atom stereocenters. The first-order valence-corrected chi connectivity index (χ1v) is 8.59. The predicted octanol–water partition coefficient (Wildman–Crippen LogP) is 3.70. The molecule has 2 N–H and O–H groups in total. The van der Waals surface area contributed by atoms with Crippen LogP contribution in [0, 0.1) is 6.92 Å². The molecule has 0 aliphatic heterocycles. The maximum absolute atomic E-state index is 11.5. The van der Waals surface area contributed by atoms with E-state index < -0.39 is 0 Å². The van der Waals surface area contributed by atoms with Crippen molar-refractivity contribution in [2.24, 2.45) is 0 Å². The van der Waals surface area contributed by atoms with Gasteiger partial charge in [0.15, 0.2) is 5.13 Å². The third-order valence-electron chi connectivity index (χ3n) is 3.01. The van der Waals surface area contributed by atoms with E-state index in [0.29, 0.717) is 6.54 Å². The number of benzene rings is 1. The average Bonchev–Trinajstić information content (AvgIpc) is 2.89. The summed E-state index contributed by atoms with van der Waals surface area (Å²) in [7, 11) is 0. The molecule has 21 heavy (non-hydrogen) atoms. The third-order valence-corrected chi connectivity index (χ3v) is 5.03. The van der Waals surface area contributed by atoms with Gasteiger partial charge in [-0.1, -0.05) is 6.07 Å². The summed E-state index contributed by atoms with van der Waals surface area (Å²) in [5, 5.41) is 2.76. The van der Waals surface area contributed by atoms with Gasteiger partial charge in [0.25, 0.3) is 0 Å². The maximum atomic E-state index is 11.5. The molecule has 0 saturated heterocycles. The zero-order valence-corrected chi connectivity index (χ0v) is 14.1. The molecule has 0 saturated carbocycles. The molecule has 1 aromatic carbocycles. The number of aromatic nitrogens is 1. The second-order valence-corrected chi connectivity index (χ2v) is 6.57. The van der Waals surface area contributed by atoms with E-state index in [1.54, 1.807) is 23.6 Å². The first kappa shape index (κ1) is 15.9. The molecule has 0 aliphatic rings. The number of rotatable bonds is 5. The summed E-state index contributed by atoms with van der Waals surface area (Å²) in [6.07, 6.45) is 0. The number of carbonyl (C=O) groups is 1. The van der Waals surface area contributed by atoms with Crippen LogP contribution in [0.15, 0.2) is 28.5 Å². The molecule has 6 heteroatoms. The minimum atomic E-state index is 0.0222. The van der Waals surface area contributed by atoms with Gasteiger partial charge in [0, 0.05) is 35.2 Å². The van der Waals surface area contributed by atoms with Crippen molar-refractivity contribution in [3.05, 3.63) is 34.8 Å². The van der Waals surface area contributed by atoms with Crippen LogP contribution in [0.4, 0.5) is 10.8 Å². The van der Waals surface area contributed by atoms with Crippen LogP contribution in [0.1, 0.15) is 25.1 Å². The van der Waals surface area contributed by atoms with Crippen LogP contribution >= 0.6 is 23.1 Å². The van der Waals surface area contributed by atoms with Crippen LogP contribution in [0.5, 0.6) is 0 Å². The highest BCUT2D eigenvalue weighted by molar-refractivity contribution is 7.98. The molecular weight excluding hydrogens is 302 g/mol. The number of thioether (sulfide) groups is 1. The van der Waals surface area contributed by atoms with Gasteiger partial charge >= 0.3 is 0 Å². The van der Waals surface area contributed by atoms with Crippen LogP contribution in [0.25, 0.3) is 0 Å². The number of aryl methyl sites for hydroxylation is 1. The lowest BCUT2D eigenvalue weighted by Gasteiger charge is -2.14. The number of nitrogens with two attached hydrogens (primary N) is 1. The van der Waals surface area contributed by atoms with Gasteiger partial charge in [-0.25, -0.2) is 4.98 Å². The largest absolute Gasteiger partial charge is 0.398 e. The lowest BCUT2D eigenvalue weighted by atomic mass is 10.2. The SMILES string of the molecule is CCN(C(C)=O)c1nc(CSc2cc(C)ccc2N)cs1. The van der Waals surface area contributed by atoms with Gasteiger partial charge in [0.2, 0.25) is 5.91 Å². The molecule has 0 fully saturated rings. The summed E-state index contributed by atoms with van der Waals surface area (Å²) in [5.41, 5.74) is 8.94. The normalized spacial score (nSPS) is 10.6. The average molecular weight is 321 g/mol. The number of nitrogens with zero attached hydrogens (tertiary/aromatic N) is 2. The number of anilines is 2. The molecule has 0 aliphatic carbocycles. The Morgan fingerprint density at radius 3 is 2.90 bits per heavy atom. The number of carbonyl (C=O) groups excluding carboxylic acids is 1. The molecule has 112 valence electrons. The maximum Gasteiger partial charge on any atom is 0.225 e. The Morgan fingerprint density at radius 2 is 2.24 bits per heavy atom. The number of nitrogen functional groups attached to an aromatic ring is 1. The minimum absolute atomic E-state index is 0.0222. The van der Waals surface area contributed by atoms with Crippen molar-refractivity contribution >= 4 is 39.8 Å². The van der Waals surface area contributed by atoms with Crippen LogP contribution in [-0.4, -0.2) is 17.4 Å². The highest BCUT2D eigenvalue weighted by Gasteiger charge is 2.13. The van der Waals surface area contributed by atoms with E-state index >= 15 is 0 Å². The minimum Gasteiger partial charge on any atom is -0.398 e. The van der Waals surface area contributed by atoms with Crippen LogP contribution in [0.3, 0.4) is 0 Å². The van der Waals surface area contributed by atoms with Gasteiger partial charge < -0.3 is 5.73 Å². The van der Waals surface area contributed by atoms with Crippen molar-refractivity contribution < 1.29 is 4.79 Å². The fourth-order valence-corrected chi connectivity index (χ4v) is 3.89. The number of hydrogen-bond donors (Lipinski definition) is 1. The van der Waals surface area contributed by atoms with Gasteiger partial charge in [0.05, 0.1) is 5.69 Å². The van der Waals surface area contributed by atoms with Crippen molar-refractivity contribution in [2.45, 2.75) is 31.4 Å². The summed E-state index contributed by atoms with van der Waals surface area (Å²) < 4.78 is 0. The topological polar surface area (TPSA) is 59.2 Å². The standard InChI is InChI=1S/C15H19N3OS2/c1-4-18(11(3)19)15-17-12(9-21-15)8-20-14-7-10(2)5-6-13(14)16/h5-7,9H,4,8,16H2,1-3H3. The van der Waals surface area contributed by atoms with Gasteiger partial charge in [-0.15, -0.1) is 23.1 Å². The summed E-state index contributed by atoms with van der Waals surface area (Å²) in [6, 6.07) is 6.02. The van der Waals surface area contributed by atoms with Gasteiger partial charge in [0.1, 0.15) is 0 Å². The predicted molar refractivity (Wildman–Crippen MR) is 91.0 cm³/mol. The highest BCUT2D eigenvalue weighted by Crippen LogP contribution is 2.30. The third kappa shape index (κ3) is 3.98. The van der Waals surface area contributed by atoms with Crippen LogP contribution < -0.4 is 10.6 Å². The zero-order chi connectivity index (χ0) is 15.4. The fourth-order valence-electron chi connectivity index (χ4n) is 1.90. The highest BCUT2D eigenvalue weighted by atomic mass is 32.2.